The van der Waals surface area contributed by atoms with Gasteiger partial charge < -0.3 is 10.0 Å². The standard InChI is InChI=1S/C19H19ClFNO2/c20-16-7-3-2-6-15(16)19(24)9-11-22(12-10-19)18(23)13-14-5-1-4-8-17(14)21/h1-8,24H,9-13H2. The minimum atomic E-state index is -1.02. The largest absolute Gasteiger partial charge is 0.385 e. The summed E-state index contributed by atoms with van der Waals surface area (Å²) < 4.78 is 13.7. The molecule has 0 radical (unpaired) electrons. The van der Waals surface area contributed by atoms with E-state index in [0.29, 0.717) is 42.1 Å². The maximum absolute atomic E-state index is 13.7. The van der Waals surface area contributed by atoms with E-state index < -0.39 is 5.60 Å². The lowest BCUT2D eigenvalue weighted by Crippen LogP contribution is -2.45. The lowest BCUT2D eigenvalue weighted by atomic mass is 9.84. The molecule has 1 fully saturated rings. The summed E-state index contributed by atoms with van der Waals surface area (Å²) in [5, 5.41) is 11.4. The number of likely N-dealkylation sites (tertiary alicyclic amines) is 1. The van der Waals surface area contributed by atoms with E-state index in [1.807, 2.05) is 18.2 Å². The van der Waals surface area contributed by atoms with Crippen LogP contribution < -0.4 is 0 Å². The number of carbonyl (C=O) groups is 1. The Bertz CT molecular complexity index is 742. The maximum Gasteiger partial charge on any atom is 0.227 e. The number of carbonyl (C=O) groups excluding carboxylic acids is 1. The molecule has 1 aliphatic heterocycles. The Labute approximate surface area is 145 Å². The van der Waals surface area contributed by atoms with Crippen molar-refractivity contribution in [2.75, 3.05) is 13.1 Å². The smallest absolute Gasteiger partial charge is 0.227 e. The van der Waals surface area contributed by atoms with Crippen LogP contribution in [0.5, 0.6) is 0 Å². The first-order valence-electron chi connectivity index (χ1n) is 7.98. The Morgan fingerprint density at radius 1 is 1.12 bits per heavy atom. The predicted molar refractivity (Wildman–Crippen MR) is 91.3 cm³/mol. The number of nitrogens with zero attached hydrogens (tertiary/aromatic N) is 1. The van der Waals surface area contributed by atoms with Crippen molar-refractivity contribution in [2.45, 2.75) is 24.9 Å². The number of piperidine rings is 1. The number of rotatable bonds is 3. The predicted octanol–water partition coefficient (Wildman–Crippen LogP) is 3.53. The minimum Gasteiger partial charge on any atom is -0.385 e. The Kier molecular flexibility index (Phi) is 4.88. The Hall–Kier alpha value is -1.91. The Morgan fingerprint density at radius 3 is 2.42 bits per heavy atom. The second-order valence-electron chi connectivity index (χ2n) is 6.16. The molecule has 3 rings (SSSR count). The lowest BCUT2D eigenvalue weighted by Gasteiger charge is -2.39. The summed E-state index contributed by atoms with van der Waals surface area (Å²) in [5.41, 5.74) is 0.0786. The van der Waals surface area contributed by atoms with E-state index in [0.717, 1.165) is 0 Å². The third kappa shape index (κ3) is 3.45. The molecule has 126 valence electrons. The molecule has 1 N–H and O–H groups in total. The van der Waals surface area contributed by atoms with Gasteiger partial charge in [0.05, 0.1) is 12.0 Å². The van der Waals surface area contributed by atoms with Gasteiger partial charge in [0.25, 0.3) is 0 Å². The zero-order valence-electron chi connectivity index (χ0n) is 13.2. The van der Waals surface area contributed by atoms with Gasteiger partial charge in [-0.25, -0.2) is 4.39 Å². The highest BCUT2D eigenvalue weighted by molar-refractivity contribution is 6.31. The molecule has 1 saturated heterocycles. The van der Waals surface area contributed by atoms with Crippen molar-refractivity contribution in [3.8, 4) is 0 Å². The number of amides is 1. The number of benzene rings is 2. The van der Waals surface area contributed by atoms with Crippen molar-refractivity contribution in [2.24, 2.45) is 0 Å². The van der Waals surface area contributed by atoms with E-state index in [9.17, 15) is 14.3 Å². The van der Waals surface area contributed by atoms with Crippen molar-refractivity contribution in [1.29, 1.82) is 0 Å². The molecule has 3 nitrogen and oxygen atoms in total. The molecule has 5 heteroatoms. The van der Waals surface area contributed by atoms with E-state index in [1.165, 1.54) is 6.07 Å². The molecule has 0 bridgehead atoms. The van der Waals surface area contributed by atoms with Crippen LogP contribution in [0.4, 0.5) is 4.39 Å². The van der Waals surface area contributed by atoms with Gasteiger partial charge in [-0.05, 0) is 30.5 Å². The first-order chi connectivity index (χ1) is 11.5. The summed E-state index contributed by atoms with van der Waals surface area (Å²) in [6.45, 7) is 0.851. The molecule has 1 amide bonds. The van der Waals surface area contributed by atoms with Crippen LogP contribution in [0.2, 0.25) is 5.02 Å². The minimum absolute atomic E-state index is 0.0389. The van der Waals surface area contributed by atoms with Crippen LogP contribution in [-0.2, 0) is 16.8 Å². The molecule has 0 atom stereocenters. The van der Waals surface area contributed by atoms with E-state index in [4.69, 9.17) is 11.6 Å². The highest BCUT2D eigenvalue weighted by atomic mass is 35.5. The number of hydrogen-bond donors (Lipinski definition) is 1. The van der Waals surface area contributed by atoms with Crippen molar-refractivity contribution in [3.05, 3.63) is 70.5 Å². The average Bonchev–Trinajstić information content (AvgIpc) is 2.58. The van der Waals surface area contributed by atoms with Crippen LogP contribution in [0.25, 0.3) is 0 Å². The van der Waals surface area contributed by atoms with Gasteiger partial charge in [0, 0.05) is 23.7 Å². The normalized spacial score (nSPS) is 16.9. The van der Waals surface area contributed by atoms with Crippen molar-refractivity contribution >= 4 is 17.5 Å². The topological polar surface area (TPSA) is 40.5 Å². The average molecular weight is 348 g/mol. The lowest BCUT2D eigenvalue weighted by molar-refractivity contribution is -0.135. The fourth-order valence-corrected chi connectivity index (χ4v) is 3.46. The van der Waals surface area contributed by atoms with Crippen LogP contribution in [-0.4, -0.2) is 29.0 Å². The third-order valence-corrected chi connectivity index (χ3v) is 4.95. The van der Waals surface area contributed by atoms with E-state index in [1.54, 1.807) is 29.2 Å². The zero-order valence-corrected chi connectivity index (χ0v) is 14.0. The second kappa shape index (κ2) is 6.91. The van der Waals surface area contributed by atoms with Gasteiger partial charge in [-0.2, -0.15) is 0 Å². The molecule has 0 unspecified atom stereocenters. The monoisotopic (exact) mass is 347 g/mol. The van der Waals surface area contributed by atoms with Gasteiger partial charge in [0.15, 0.2) is 0 Å². The summed E-state index contributed by atoms with van der Waals surface area (Å²) in [6, 6.07) is 13.5. The second-order valence-corrected chi connectivity index (χ2v) is 6.57. The third-order valence-electron chi connectivity index (χ3n) is 4.62. The van der Waals surface area contributed by atoms with E-state index in [-0.39, 0.29) is 18.1 Å². The van der Waals surface area contributed by atoms with Crippen molar-refractivity contribution in [1.82, 2.24) is 4.90 Å². The fourth-order valence-electron chi connectivity index (χ4n) is 3.15. The molecule has 24 heavy (non-hydrogen) atoms. The van der Waals surface area contributed by atoms with E-state index in [2.05, 4.69) is 0 Å². The Balaban J connectivity index is 1.66. The van der Waals surface area contributed by atoms with Crippen LogP contribution in [0.15, 0.2) is 48.5 Å². The van der Waals surface area contributed by atoms with Gasteiger partial charge in [-0.3, -0.25) is 4.79 Å². The van der Waals surface area contributed by atoms with Gasteiger partial charge in [-0.1, -0.05) is 48.0 Å². The molecule has 1 heterocycles. The van der Waals surface area contributed by atoms with Gasteiger partial charge in [0.2, 0.25) is 5.91 Å². The molecule has 0 aromatic heterocycles. The van der Waals surface area contributed by atoms with Crippen molar-refractivity contribution < 1.29 is 14.3 Å². The molecule has 2 aromatic rings. The van der Waals surface area contributed by atoms with Crippen LogP contribution in [0, 0.1) is 5.82 Å². The van der Waals surface area contributed by atoms with Crippen LogP contribution in [0.3, 0.4) is 0 Å². The highest BCUT2D eigenvalue weighted by Gasteiger charge is 2.36. The highest BCUT2D eigenvalue weighted by Crippen LogP contribution is 2.36. The molecule has 0 aliphatic carbocycles. The summed E-state index contributed by atoms with van der Waals surface area (Å²) in [6.07, 6.45) is 0.872. The summed E-state index contributed by atoms with van der Waals surface area (Å²) in [4.78, 5) is 14.1. The SMILES string of the molecule is O=C(Cc1ccccc1F)N1CCC(O)(c2ccccc2Cl)CC1. The zero-order chi connectivity index (χ0) is 17.2. The number of hydrogen-bond acceptors (Lipinski definition) is 2. The summed E-state index contributed by atoms with van der Waals surface area (Å²) in [5.74, 6) is -0.489. The quantitative estimate of drug-likeness (QED) is 0.922. The van der Waals surface area contributed by atoms with Crippen LogP contribution >= 0.6 is 11.6 Å². The van der Waals surface area contributed by atoms with E-state index >= 15 is 0 Å². The van der Waals surface area contributed by atoms with Crippen LogP contribution in [0.1, 0.15) is 24.0 Å². The summed E-state index contributed by atoms with van der Waals surface area (Å²) >= 11 is 6.19. The molecule has 0 saturated carbocycles. The number of aliphatic hydroxyl groups is 1. The molecule has 1 aliphatic rings. The van der Waals surface area contributed by atoms with Gasteiger partial charge in [-0.15, -0.1) is 0 Å². The molecular formula is C19H19ClFNO2. The molecular weight excluding hydrogens is 329 g/mol. The fraction of sp³-hybridized carbons (Fsp3) is 0.316. The van der Waals surface area contributed by atoms with Gasteiger partial charge in [0.1, 0.15) is 5.82 Å². The first kappa shape index (κ1) is 16.9. The number of halogens is 2. The molecule has 0 spiro atoms. The van der Waals surface area contributed by atoms with Crippen molar-refractivity contribution in [3.63, 3.8) is 0 Å². The maximum atomic E-state index is 13.7. The summed E-state index contributed by atoms with van der Waals surface area (Å²) in [7, 11) is 0. The Morgan fingerprint density at radius 2 is 1.75 bits per heavy atom. The molecule has 2 aromatic carbocycles. The van der Waals surface area contributed by atoms with Gasteiger partial charge >= 0.3 is 0 Å². The first-order valence-corrected chi connectivity index (χ1v) is 8.36.